The molecule has 0 aliphatic carbocycles. The topological polar surface area (TPSA) is 95.9 Å². The molecule has 0 bridgehead atoms. The molecule has 0 saturated heterocycles. The molecule has 2 atom stereocenters. The third-order valence-corrected chi connectivity index (χ3v) is 15.8. The molecule has 6 nitrogen and oxygen atoms in total. The van der Waals surface area contributed by atoms with Gasteiger partial charge in [0.15, 0.2) is 0 Å². The summed E-state index contributed by atoms with van der Waals surface area (Å²) in [5.74, 6) is -0.0171. The Morgan fingerprint density at radius 3 is 0.973 bits per heavy atom. The van der Waals surface area contributed by atoms with Gasteiger partial charge in [-0.05, 0) is 51.4 Å². The highest BCUT2D eigenvalue weighted by atomic mass is 16.5. The number of aliphatic hydroxyl groups is 2. The van der Waals surface area contributed by atoms with Crippen LogP contribution in [0.25, 0.3) is 0 Å². The number of carbonyl (C=O) groups is 2. The number of rotatable bonds is 63. The van der Waals surface area contributed by atoms with Gasteiger partial charge in [-0.1, -0.05) is 328 Å². The van der Waals surface area contributed by atoms with Gasteiger partial charge in [0.1, 0.15) is 0 Å². The molecule has 0 aromatic rings. The molecule has 0 aromatic carbocycles. The van der Waals surface area contributed by atoms with Gasteiger partial charge in [0.05, 0.1) is 25.4 Å². The number of ether oxygens (including phenoxy) is 1. The highest BCUT2D eigenvalue weighted by molar-refractivity contribution is 5.76. The maximum Gasteiger partial charge on any atom is 0.305 e. The van der Waals surface area contributed by atoms with Crippen LogP contribution < -0.4 is 5.32 Å². The van der Waals surface area contributed by atoms with Crippen LogP contribution >= 0.6 is 0 Å². The van der Waals surface area contributed by atoms with Crippen LogP contribution in [0, 0.1) is 0 Å². The van der Waals surface area contributed by atoms with Gasteiger partial charge in [0.2, 0.25) is 5.91 Å². The first-order chi connectivity index (χ1) is 36.0. The van der Waals surface area contributed by atoms with Crippen molar-refractivity contribution in [2.24, 2.45) is 0 Å². The Labute approximate surface area is 457 Å². The second-order valence-corrected chi connectivity index (χ2v) is 23.2. The maximum absolute atomic E-state index is 12.5. The predicted molar refractivity (Wildman–Crippen MR) is 320 cm³/mol. The zero-order valence-corrected chi connectivity index (χ0v) is 49.6. The van der Waals surface area contributed by atoms with E-state index in [0.29, 0.717) is 25.9 Å². The Hall–Kier alpha value is -1.40. The summed E-state index contributed by atoms with van der Waals surface area (Å²) in [5.41, 5.74) is 0. The summed E-state index contributed by atoms with van der Waals surface area (Å²) >= 11 is 0. The third kappa shape index (κ3) is 59.7. The summed E-state index contributed by atoms with van der Waals surface area (Å²) in [4.78, 5) is 24.5. The molecule has 0 aliphatic rings. The Bertz CT molecular complexity index is 1100. The van der Waals surface area contributed by atoms with E-state index in [0.717, 1.165) is 44.9 Å². The third-order valence-electron chi connectivity index (χ3n) is 15.8. The van der Waals surface area contributed by atoms with Crippen molar-refractivity contribution >= 4 is 11.9 Å². The van der Waals surface area contributed by atoms with Crippen molar-refractivity contribution in [3.8, 4) is 0 Å². The molecule has 0 aliphatic heterocycles. The Morgan fingerprint density at radius 1 is 0.370 bits per heavy atom. The molecule has 0 saturated carbocycles. The van der Waals surface area contributed by atoms with E-state index in [1.807, 2.05) is 0 Å². The summed E-state index contributed by atoms with van der Waals surface area (Å²) in [6, 6.07) is -0.536. The van der Waals surface area contributed by atoms with Gasteiger partial charge in [0, 0.05) is 12.8 Å². The van der Waals surface area contributed by atoms with E-state index in [9.17, 15) is 19.8 Å². The number of esters is 1. The van der Waals surface area contributed by atoms with Crippen LogP contribution in [0.3, 0.4) is 0 Å². The zero-order chi connectivity index (χ0) is 52.9. The van der Waals surface area contributed by atoms with Crippen LogP contribution in [0.2, 0.25) is 0 Å². The average Bonchev–Trinajstić information content (AvgIpc) is 3.39. The number of hydrogen-bond donors (Lipinski definition) is 3. The number of hydrogen-bond acceptors (Lipinski definition) is 5. The number of aliphatic hydroxyl groups excluding tert-OH is 2. The summed E-state index contributed by atoms with van der Waals surface area (Å²) < 4.78 is 5.49. The minimum atomic E-state index is -0.659. The summed E-state index contributed by atoms with van der Waals surface area (Å²) in [6.45, 7) is 4.96. The van der Waals surface area contributed by atoms with Crippen LogP contribution in [0.15, 0.2) is 12.2 Å². The molecule has 73 heavy (non-hydrogen) atoms. The lowest BCUT2D eigenvalue weighted by Crippen LogP contribution is -2.45. The van der Waals surface area contributed by atoms with Crippen molar-refractivity contribution in [2.75, 3.05) is 13.2 Å². The second kappa shape index (κ2) is 63.1. The molecule has 6 heteroatoms. The van der Waals surface area contributed by atoms with Crippen molar-refractivity contribution in [2.45, 2.75) is 392 Å². The van der Waals surface area contributed by atoms with Crippen molar-refractivity contribution in [3.63, 3.8) is 0 Å². The number of carbonyl (C=O) groups excluding carboxylic acids is 2. The first-order valence-electron chi connectivity index (χ1n) is 33.4. The molecule has 0 radical (unpaired) electrons. The van der Waals surface area contributed by atoms with Crippen LogP contribution in [-0.2, 0) is 14.3 Å². The zero-order valence-electron chi connectivity index (χ0n) is 49.6. The van der Waals surface area contributed by atoms with Gasteiger partial charge in [-0.3, -0.25) is 9.59 Å². The largest absolute Gasteiger partial charge is 0.466 e. The molecule has 0 spiro atoms. The smallest absolute Gasteiger partial charge is 0.305 e. The Morgan fingerprint density at radius 2 is 0.644 bits per heavy atom. The van der Waals surface area contributed by atoms with E-state index in [2.05, 4.69) is 31.3 Å². The quantitative estimate of drug-likeness (QED) is 0.0320. The minimum absolute atomic E-state index is 0.0127. The van der Waals surface area contributed by atoms with Gasteiger partial charge < -0.3 is 20.3 Å². The predicted octanol–water partition coefficient (Wildman–Crippen LogP) is 21.2. The molecule has 434 valence electrons. The van der Waals surface area contributed by atoms with Gasteiger partial charge in [-0.25, -0.2) is 0 Å². The van der Waals surface area contributed by atoms with E-state index in [4.69, 9.17) is 4.74 Å². The Kier molecular flexibility index (Phi) is 61.9. The molecule has 0 heterocycles. The molecule has 1 amide bonds. The lowest BCUT2D eigenvalue weighted by Gasteiger charge is -2.22. The highest BCUT2D eigenvalue weighted by Crippen LogP contribution is 2.19. The van der Waals surface area contributed by atoms with Gasteiger partial charge in [0.25, 0.3) is 0 Å². The number of amides is 1. The van der Waals surface area contributed by atoms with Gasteiger partial charge in [-0.15, -0.1) is 0 Å². The van der Waals surface area contributed by atoms with E-state index >= 15 is 0 Å². The molecular formula is C67H131NO5. The molecule has 3 N–H and O–H groups in total. The lowest BCUT2D eigenvalue weighted by atomic mass is 10.0. The molecule has 0 fully saturated rings. The summed E-state index contributed by atoms with van der Waals surface area (Å²) in [5, 5.41) is 23.2. The normalized spacial score (nSPS) is 12.5. The monoisotopic (exact) mass is 1030 g/mol. The van der Waals surface area contributed by atoms with E-state index in [-0.39, 0.29) is 18.5 Å². The van der Waals surface area contributed by atoms with Crippen LogP contribution in [0.5, 0.6) is 0 Å². The highest BCUT2D eigenvalue weighted by Gasteiger charge is 2.20. The maximum atomic E-state index is 12.5. The van der Waals surface area contributed by atoms with Gasteiger partial charge >= 0.3 is 5.97 Å². The second-order valence-electron chi connectivity index (χ2n) is 23.2. The molecule has 0 rings (SSSR count). The molecular weight excluding hydrogens is 899 g/mol. The van der Waals surface area contributed by atoms with Crippen molar-refractivity contribution in [3.05, 3.63) is 12.2 Å². The number of nitrogens with one attached hydrogen (secondary N) is 1. The van der Waals surface area contributed by atoms with E-state index < -0.39 is 12.1 Å². The minimum Gasteiger partial charge on any atom is -0.466 e. The SMILES string of the molecule is CCCCCCC/C=C\CCCCCCCC(=O)OCCCCCCCCCCCCCCCCCCCCCCCCCCCCCCCCCC(=O)NC(CO)C(O)CCCCCCCCCCCCC. The van der Waals surface area contributed by atoms with Gasteiger partial charge in [-0.2, -0.15) is 0 Å². The van der Waals surface area contributed by atoms with E-state index in [1.165, 1.54) is 302 Å². The lowest BCUT2D eigenvalue weighted by molar-refractivity contribution is -0.143. The molecule has 0 aromatic heterocycles. The number of unbranched alkanes of at least 4 members (excludes halogenated alkanes) is 50. The number of allylic oxidation sites excluding steroid dienone is 2. The van der Waals surface area contributed by atoms with E-state index in [1.54, 1.807) is 0 Å². The van der Waals surface area contributed by atoms with Crippen molar-refractivity contribution in [1.82, 2.24) is 5.32 Å². The van der Waals surface area contributed by atoms with Crippen LogP contribution in [0.1, 0.15) is 380 Å². The first kappa shape index (κ1) is 71.6. The van der Waals surface area contributed by atoms with Crippen molar-refractivity contribution in [1.29, 1.82) is 0 Å². The van der Waals surface area contributed by atoms with Crippen LogP contribution in [-0.4, -0.2) is 47.4 Å². The average molecular weight is 1030 g/mol. The summed E-state index contributed by atoms with van der Waals surface area (Å²) in [6.07, 6.45) is 76.9. The summed E-state index contributed by atoms with van der Waals surface area (Å²) in [7, 11) is 0. The fourth-order valence-electron chi connectivity index (χ4n) is 10.7. The fraction of sp³-hybridized carbons (Fsp3) is 0.940. The Balaban J connectivity index is 3.30. The van der Waals surface area contributed by atoms with Crippen LogP contribution in [0.4, 0.5) is 0 Å². The first-order valence-corrected chi connectivity index (χ1v) is 33.4. The molecule has 2 unspecified atom stereocenters. The standard InChI is InChI=1S/C67H131NO5/c1-3-5-7-9-11-13-15-16-37-41-45-49-53-57-61-67(72)73-62-58-54-50-46-42-38-35-33-31-29-27-25-23-21-19-17-18-20-22-24-26-28-30-32-34-36-40-44-48-52-56-60-66(71)68-64(63-69)65(70)59-55-51-47-43-39-14-12-10-8-6-4-2/h15-16,64-65,69-70H,3-14,17-63H2,1-2H3,(H,68,71)/b16-15-. The fourth-order valence-corrected chi connectivity index (χ4v) is 10.7. The van der Waals surface area contributed by atoms with Crippen molar-refractivity contribution < 1.29 is 24.5 Å².